The van der Waals surface area contributed by atoms with Gasteiger partial charge < -0.3 is 4.90 Å². The van der Waals surface area contributed by atoms with Crippen LogP contribution in [0.4, 0.5) is 0 Å². The molecule has 1 amide bonds. The summed E-state index contributed by atoms with van der Waals surface area (Å²) in [7, 11) is 0. The van der Waals surface area contributed by atoms with E-state index < -0.39 is 0 Å². The molecule has 1 aromatic heterocycles. The van der Waals surface area contributed by atoms with E-state index in [4.69, 9.17) is 0 Å². The van der Waals surface area contributed by atoms with Crippen molar-refractivity contribution in [1.82, 2.24) is 14.8 Å². The van der Waals surface area contributed by atoms with Crippen molar-refractivity contribution >= 4 is 5.91 Å². The summed E-state index contributed by atoms with van der Waals surface area (Å²) < 4.78 is 0. The van der Waals surface area contributed by atoms with Gasteiger partial charge >= 0.3 is 0 Å². The molecule has 0 N–H and O–H groups in total. The Bertz CT molecular complexity index is 803. The van der Waals surface area contributed by atoms with Gasteiger partial charge in [0, 0.05) is 32.0 Å². The molecule has 2 fully saturated rings. The van der Waals surface area contributed by atoms with Crippen LogP contribution in [0.2, 0.25) is 0 Å². The smallest absolute Gasteiger partial charge is 0.255 e. The van der Waals surface area contributed by atoms with Crippen molar-refractivity contribution < 1.29 is 4.79 Å². The highest BCUT2D eigenvalue weighted by Crippen LogP contribution is 2.24. The van der Waals surface area contributed by atoms with Crippen molar-refractivity contribution in [3.05, 3.63) is 65.0 Å². The standard InChI is InChI=1S/C25H33N3O/c1-20-9-12-26-18-24(20)25(29)28-15-10-22(11-16-28)17-21-5-7-23(8-6-21)19-27-13-3-2-4-14-27/h5-9,12,18,22H,2-4,10-11,13-17,19H2,1H3. The maximum Gasteiger partial charge on any atom is 0.255 e. The number of carbonyl (C=O) groups is 1. The van der Waals surface area contributed by atoms with Crippen LogP contribution in [0, 0.1) is 12.8 Å². The number of pyridine rings is 1. The highest BCUT2D eigenvalue weighted by atomic mass is 16.2. The van der Waals surface area contributed by atoms with E-state index in [0.717, 1.165) is 50.0 Å². The maximum atomic E-state index is 12.8. The van der Waals surface area contributed by atoms with Gasteiger partial charge in [-0.05, 0) is 80.8 Å². The number of hydrogen-bond donors (Lipinski definition) is 0. The number of rotatable bonds is 5. The Morgan fingerprint density at radius 1 is 0.966 bits per heavy atom. The molecule has 2 aliphatic heterocycles. The zero-order valence-corrected chi connectivity index (χ0v) is 17.6. The van der Waals surface area contributed by atoms with E-state index >= 15 is 0 Å². The average molecular weight is 392 g/mol. The summed E-state index contributed by atoms with van der Waals surface area (Å²) in [6.07, 6.45) is 10.8. The van der Waals surface area contributed by atoms with E-state index in [9.17, 15) is 4.79 Å². The lowest BCUT2D eigenvalue weighted by atomic mass is 9.89. The number of amides is 1. The van der Waals surface area contributed by atoms with Gasteiger partial charge in [-0.1, -0.05) is 30.7 Å². The van der Waals surface area contributed by atoms with Gasteiger partial charge in [-0.2, -0.15) is 0 Å². The van der Waals surface area contributed by atoms with Crippen LogP contribution in [-0.2, 0) is 13.0 Å². The minimum atomic E-state index is 0.135. The average Bonchev–Trinajstić information content (AvgIpc) is 2.76. The predicted octanol–water partition coefficient (Wildman–Crippen LogP) is 4.47. The minimum absolute atomic E-state index is 0.135. The van der Waals surface area contributed by atoms with Gasteiger partial charge in [0.1, 0.15) is 0 Å². The van der Waals surface area contributed by atoms with Gasteiger partial charge in [-0.15, -0.1) is 0 Å². The third-order valence-electron chi connectivity index (χ3n) is 6.57. The van der Waals surface area contributed by atoms with Gasteiger partial charge in [-0.25, -0.2) is 0 Å². The highest BCUT2D eigenvalue weighted by Gasteiger charge is 2.24. The molecule has 3 heterocycles. The largest absolute Gasteiger partial charge is 0.339 e. The van der Waals surface area contributed by atoms with E-state index in [1.807, 2.05) is 17.9 Å². The second kappa shape index (κ2) is 9.53. The van der Waals surface area contributed by atoms with Crippen molar-refractivity contribution in [3.63, 3.8) is 0 Å². The fraction of sp³-hybridized carbons (Fsp3) is 0.520. The molecule has 0 saturated carbocycles. The molecule has 154 valence electrons. The van der Waals surface area contributed by atoms with Crippen molar-refractivity contribution in [1.29, 1.82) is 0 Å². The first-order chi connectivity index (χ1) is 14.2. The molecule has 0 atom stereocenters. The quantitative estimate of drug-likeness (QED) is 0.754. The molecule has 2 saturated heterocycles. The molecule has 2 aromatic rings. The Kier molecular flexibility index (Phi) is 6.60. The lowest BCUT2D eigenvalue weighted by molar-refractivity contribution is 0.0689. The Hall–Kier alpha value is -2.20. The molecule has 1 aromatic carbocycles. The number of nitrogens with zero attached hydrogens (tertiary/aromatic N) is 3. The Balaban J connectivity index is 1.26. The molecule has 0 bridgehead atoms. The molecule has 29 heavy (non-hydrogen) atoms. The molecular formula is C25H33N3O. The molecule has 2 aliphatic rings. The lowest BCUT2D eigenvalue weighted by Gasteiger charge is -2.32. The van der Waals surface area contributed by atoms with Crippen LogP contribution in [0.25, 0.3) is 0 Å². The number of likely N-dealkylation sites (tertiary alicyclic amines) is 2. The van der Waals surface area contributed by atoms with Crippen molar-refractivity contribution in [2.24, 2.45) is 5.92 Å². The molecule has 4 heteroatoms. The zero-order valence-electron chi connectivity index (χ0n) is 17.6. The number of carbonyl (C=O) groups excluding carboxylic acids is 1. The fourth-order valence-electron chi connectivity index (χ4n) is 4.69. The second-order valence-electron chi connectivity index (χ2n) is 8.78. The number of aryl methyl sites for hydroxylation is 1. The van der Waals surface area contributed by atoms with Gasteiger partial charge in [0.15, 0.2) is 0 Å². The van der Waals surface area contributed by atoms with Gasteiger partial charge in [0.05, 0.1) is 5.56 Å². The third kappa shape index (κ3) is 5.24. The number of benzene rings is 1. The molecule has 4 nitrogen and oxygen atoms in total. The summed E-state index contributed by atoms with van der Waals surface area (Å²) in [4.78, 5) is 21.5. The summed E-state index contributed by atoms with van der Waals surface area (Å²) in [5.74, 6) is 0.804. The topological polar surface area (TPSA) is 36.4 Å². The predicted molar refractivity (Wildman–Crippen MR) is 117 cm³/mol. The maximum absolute atomic E-state index is 12.8. The van der Waals surface area contributed by atoms with Crippen LogP contribution in [0.15, 0.2) is 42.7 Å². The Morgan fingerprint density at radius 2 is 1.66 bits per heavy atom. The normalized spacial score (nSPS) is 18.7. The monoisotopic (exact) mass is 391 g/mol. The van der Waals surface area contributed by atoms with Crippen LogP contribution in [0.3, 0.4) is 0 Å². The summed E-state index contributed by atoms with van der Waals surface area (Å²) >= 11 is 0. The molecule has 4 rings (SSSR count). The molecule has 0 unspecified atom stereocenters. The van der Waals surface area contributed by atoms with Crippen molar-refractivity contribution in [2.75, 3.05) is 26.2 Å². The summed E-state index contributed by atoms with van der Waals surface area (Å²) in [5, 5.41) is 0. The van der Waals surface area contributed by atoms with E-state index in [-0.39, 0.29) is 5.91 Å². The Labute approximate surface area is 174 Å². The van der Waals surface area contributed by atoms with Crippen molar-refractivity contribution in [3.8, 4) is 0 Å². The first kappa shape index (κ1) is 20.1. The van der Waals surface area contributed by atoms with E-state index in [0.29, 0.717) is 5.92 Å². The number of aromatic nitrogens is 1. The van der Waals surface area contributed by atoms with Crippen LogP contribution in [-0.4, -0.2) is 46.9 Å². The number of hydrogen-bond acceptors (Lipinski definition) is 3. The molecule has 0 spiro atoms. The molecule has 0 radical (unpaired) electrons. The van der Waals surface area contributed by atoms with Crippen LogP contribution < -0.4 is 0 Å². The summed E-state index contributed by atoms with van der Waals surface area (Å²) in [6.45, 7) is 7.27. The first-order valence-electron chi connectivity index (χ1n) is 11.2. The third-order valence-corrected chi connectivity index (χ3v) is 6.57. The van der Waals surface area contributed by atoms with E-state index in [1.165, 1.54) is 43.5 Å². The highest BCUT2D eigenvalue weighted by molar-refractivity contribution is 5.95. The second-order valence-corrected chi connectivity index (χ2v) is 8.78. The number of piperidine rings is 2. The van der Waals surface area contributed by atoms with Gasteiger partial charge in [0.25, 0.3) is 5.91 Å². The molecule has 0 aliphatic carbocycles. The minimum Gasteiger partial charge on any atom is -0.339 e. The van der Waals surface area contributed by atoms with Gasteiger partial charge in [-0.3, -0.25) is 14.7 Å². The fourth-order valence-corrected chi connectivity index (χ4v) is 4.69. The first-order valence-corrected chi connectivity index (χ1v) is 11.2. The van der Waals surface area contributed by atoms with Crippen LogP contribution in [0.1, 0.15) is 59.2 Å². The van der Waals surface area contributed by atoms with E-state index in [1.54, 1.807) is 12.4 Å². The Morgan fingerprint density at radius 3 is 2.34 bits per heavy atom. The molecular weight excluding hydrogens is 358 g/mol. The summed E-state index contributed by atoms with van der Waals surface area (Å²) in [5.41, 5.74) is 4.62. The SMILES string of the molecule is Cc1ccncc1C(=O)N1CCC(Cc2ccc(CN3CCCCC3)cc2)CC1. The summed E-state index contributed by atoms with van der Waals surface area (Å²) in [6, 6.07) is 11.2. The van der Waals surface area contributed by atoms with E-state index in [2.05, 4.69) is 34.1 Å². The van der Waals surface area contributed by atoms with Crippen LogP contribution >= 0.6 is 0 Å². The lowest BCUT2D eigenvalue weighted by Crippen LogP contribution is -2.39. The van der Waals surface area contributed by atoms with Crippen molar-refractivity contribution in [2.45, 2.75) is 52.0 Å². The zero-order chi connectivity index (χ0) is 20.1. The van der Waals surface area contributed by atoms with Gasteiger partial charge in [0.2, 0.25) is 0 Å². The van der Waals surface area contributed by atoms with Crippen LogP contribution in [0.5, 0.6) is 0 Å².